The van der Waals surface area contributed by atoms with Crippen molar-refractivity contribution in [3.05, 3.63) is 24.3 Å². The van der Waals surface area contributed by atoms with Gasteiger partial charge in [0.25, 0.3) is 0 Å². The molecule has 1 saturated heterocycles. The fraction of sp³-hybridized carbons (Fsp3) is 0.611. The van der Waals surface area contributed by atoms with Gasteiger partial charge in [-0.1, -0.05) is 6.07 Å². The van der Waals surface area contributed by atoms with Gasteiger partial charge in [0.05, 0.1) is 19.3 Å². The first-order valence-electron chi connectivity index (χ1n) is 8.70. The lowest BCUT2D eigenvalue weighted by molar-refractivity contribution is 0.118. The molecule has 1 aromatic carbocycles. The van der Waals surface area contributed by atoms with Crippen molar-refractivity contribution >= 4 is 11.6 Å². The summed E-state index contributed by atoms with van der Waals surface area (Å²) in [5.74, 6) is 1.61. The van der Waals surface area contributed by atoms with Crippen LogP contribution in [-0.4, -0.2) is 52.1 Å². The highest BCUT2D eigenvalue weighted by molar-refractivity contribution is 5.93. The molecule has 2 rings (SSSR count). The van der Waals surface area contributed by atoms with E-state index in [1.165, 1.54) is 0 Å². The molecule has 1 unspecified atom stereocenters. The van der Waals surface area contributed by atoms with Gasteiger partial charge in [0.15, 0.2) is 5.96 Å². The second kappa shape index (κ2) is 10.9. The summed E-state index contributed by atoms with van der Waals surface area (Å²) in [5, 5.41) is 6.58. The molecule has 1 aliphatic rings. The Kier molecular flexibility index (Phi) is 8.41. The summed E-state index contributed by atoms with van der Waals surface area (Å²) >= 11 is 0. The van der Waals surface area contributed by atoms with Crippen LogP contribution in [-0.2, 0) is 9.47 Å². The first-order chi connectivity index (χ1) is 11.8. The third-order valence-corrected chi connectivity index (χ3v) is 3.68. The third kappa shape index (κ3) is 6.76. The number of nitrogens with one attached hydrogen (secondary N) is 2. The van der Waals surface area contributed by atoms with Gasteiger partial charge in [-0.3, -0.25) is 4.99 Å². The molecule has 0 aliphatic carbocycles. The lowest BCUT2D eigenvalue weighted by atomic mass is 10.2. The van der Waals surface area contributed by atoms with Crippen LogP contribution in [0.1, 0.15) is 26.2 Å². The molecule has 134 valence electrons. The summed E-state index contributed by atoms with van der Waals surface area (Å²) in [6.45, 7) is 5.75. The predicted octanol–water partition coefficient (Wildman–Crippen LogP) is 2.66. The smallest absolute Gasteiger partial charge is 0.195 e. The predicted molar refractivity (Wildman–Crippen MR) is 97.0 cm³/mol. The maximum Gasteiger partial charge on any atom is 0.195 e. The summed E-state index contributed by atoms with van der Waals surface area (Å²) in [6.07, 6.45) is 3.34. The number of aliphatic imine (C=N–C) groups is 1. The molecule has 0 bridgehead atoms. The van der Waals surface area contributed by atoms with Crippen molar-refractivity contribution in [1.29, 1.82) is 0 Å². The van der Waals surface area contributed by atoms with Crippen molar-refractivity contribution in [3.8, 4) is 5.75 Å². The Morgan fingerprint density at radius 2 is 2.29 bits per heavy atom. The van der Waals surface area contributed by atoms with E-state index in [9.17, 15) is 0 Å². The summed E-state index contributed by atoms with van der Waals surface area (Å²) in [6, 6.07) is 7.90. The summed E-state index contributed by atoms with van der Waals surface area (Å²) in [7, 11) is 1.70. The van der Waals surface area contributed by atoms with Crippen molar-refractivity contribution in [2.24, 2.45) is 4.99 Å². The van der Waals surface area contributed by atoms with Crippen molar-refractivity contribution in [3.63, 3.8) is 0 Å². The minimum absolute atomic E-state index is 0.246. The molecule has 1 aromatic rings. The average molecular weight is 335 g/mol. The second-order valence-corrected chi connectivity index (χ2v) is 5.70. The van der Waals surface area contributed by atoms with Crippen LogP contribution in [0.3, 0.4) is 0 Å². The van der Waals surface area contributed by atoms with Crippen LogP contribution < -0.4 is 15.4 Å². The highest BCUT2D eigenvalue weighted by Gasteiger charge is 2.14. The number of nitrogens with zero attached hydrogens (tertiary/aromatic N) is 1. The summed E-state index contributed by atoms with van der Waals surface area (Å²) in [5.41, 5.74) is 0.950. The van der Waals surface area contributed by atoms with Gasteiger partial charge in [0.1, 0.15) is 5.75 Å². The molecule has 6 heteroatoms. The zero-order valence-corrected chi connectivity index (χ0v) is 14.7. The average Bonchev–Trinajstić information content (AvgIpc) is 3.11. The molecule has 1 heterocycles. The monoisotopic (exact) mass is 335 g/mol. The van der Waals surface area contributed by atoms with Crippen LogP contribution in [0, 0.1) is 0 Å². The normalized spacial score (nSPS) is 17.8. The number of hydrogen-bond donors (Lipinski definition) is 2. The van der Waals surface area contributed by atoms with Gasteiger partial charge in [-0.15, -0.1) is 0 Å². The van der Waals surface area contributed by atoms with E-state index in [2.05, 4.69) is 22.5 Å². The number of hydrogen-bond acceptors (Lipinski definition) is 4. The molecule has 0 spiro atoms. The minimum atomic E-state index is 0.246. The van der Waals surface area contributed by atoms with E-state index < -0.39 is 0 Å². The molecule has 24 heavy (non-hydrogen) atoms. The van der Waals surface area contributed by atoms with E-state index in [0.29, 0.717) is 19.8 Å². The van der Waals surface area contributed by atoms with Crippen LogP contribution in [0.2, 0.25) is 0 Å². The second-order valence-electron chi connectivity index (χ2n) is 5.70. The van der Waals surface area contributed by atoms with Gasteiger partial charge in [-0.05, 0) is 31.9 Å². The zero-order valence-electron chi connectivity index (χ0n) is 14.7. The molecule has 0 radical (unpaired) electrons. The number of rotatable bonds is 9. The molecule has 1 aliphatic heterocycles. The Balaban J connectivity index is 1.89. The maximum atomic E-state index is 5.73. The molecular weight excluding hydrogens is 306 g/mol. The van der Waals surface area contributed by atoms with Gasteiger partial charge < -0.3 is 24.8 Å². The molecule has 0 aromatic heterocycles. The number of anilines is 1. The largest absolute Gasteiger partial charge is 0.493 e. The zero-order chi connectivity index (χ0) is 17.0. The summed E-state index contributed by atoms with van der Waals surface area (Å²) < 4.78 is 16.4. The SMILES string of the molecule is CCNC(=NCC1CCCO1)Nc1cccc(OCCCOC)c1. The van der Waals surface area contributed by atoms with E-state index in [4.69, 9.17) is 14.2 Å². The van der Waals surface area contributed by atoms with E-state index in [-0.39, 0.29) is 6.10 Å². The fourth-order valence-corrected chi connectivity index (χ4v) is 2.48. The standard InChI is InChI=1S/C18H29N3O3/c1-3-19-18(20-14-17-9-5-11-24-17)21-15-7-4-8-16(13-15)23-12-6-10-22-2/h4,7-8,13,17H,3,5-6,9-12,14H2,1-2H3,(H2,19,20,21). The van der Waals surface area contributed by atoms with Crippen LogP contribution in [0.5, 0.6) is 5.75 Å². The van der Waals surface area contributed by atoms with E-state index in [1.807, 2.05) is 24.3 Å². The Morgan fingerprint density at radius 3 is 3.04 bits per heavy atom. The van der Waals surface area contributed by atoms with Crippen molar-refractivity contribution < 1.29 is 14.2 Å². The van der Waals surface area contributed by atoms with E-state index in [0.717, 1.165) is 49.8 Å². The fourth-order valence-electron chi connectivity index (χ4n) is 2.48. The molecule has 1 fully saturated rings. The number of guanidine groups is 1. The molecule has 2 N–H and O–H groups in total. The highest BCUT2D eigenvalue weighted by Crippen LogP contribution is 2.18. The Morgan fingerprint density at radius 1 is 1.38 bits per heavy atom. The van der Waals surface area contributed by atoms with Gasteiger partial charge >= 0.3 is 0 Å². The highest BCUT2D eigenvalue weighted by atomic mass is 16.5. The molecule has 6 nitrogen and oxygen atoms in total. The summed E-state index contributed by atoms with van der Waals surface area (Å²) in [4.78, 5) is 4.62. The lowest BCUT2D eigenvalue weighted by Crippen LogP contribution is -2.31. The van der Waals surface area contributed by atoms with Crippen molar-refractivity contribution in [1.82, 2.24) is 5.32 Å². The van der Waals surface area contributed by atoms with Crippen LogP contribution in [0.25, 0.3) is 0 Å². The Hall–Kier alpha value is -1.79. The van der Waals surface area contributed by atoms with Crippen LogP contribution >= 0.6 is 0 Å². The molecule has 0 amide bonds. The lowest BCUT2D eigenvalue weighted by Gasteiger charge is -2.14. The van der Waals surface area contributed by atoms with E-state index in [1.54, 1.807) is 7.11 Å². The van der Waals surface area contributed by atoms with Gasteiger partial charge in [0.2, 0.25) is 0 Å². The Labute approximate surface area is 144 Å². The minimum Gasteiger partial charge on any atom is -0.493 e. The molecule has 1 atom stereocenters. The quantitative estimate of drug-likeness (QED) is 0.413. The number of methoxy groups -OCH3 is 1. The van der Waals surface area contributed by atoms with Gasteiger partial charge in [0, 0.05) is 45.0 Å². The first kappa shape index (κ1) is 18.5. The maximum absolute atomic E-state index is 5.73. The molecular formula is C18H29N3O3. The van der Waals surface area contributed by atoms with E-state index >= 15 is 0 Å². The van der Waals surface area contributed by atoms with Crippen molar-refractivity contribution in [2.75, 3.05) is 45.3 Å². The van der Waals surface area contributed by atoms with Crippen LogP contribution in [0.15, 0.2) is 29.3 Å². The third-order valence-electron chi connectivity index (χ3n) is 3.68. The van der Waals surface area contributed by atoms with Gasteiger partial charge in [-0.2, -0.15) is 0 Å². The van der Waals surface area contributed by atoms with Crippen LogP contribution in [0.4, 0.5) is 5.69 Å². The van der Waals surface area contributed by atoms with Crippen molar-refractivity contribution in [2.45, 2.75) is 32.3 Å². The number of ether oxygens (including phenoxy) is 3. The Bertz CT molecular complexity index is 502. The van der Waals surface area contributed by atoms with Gasteiger partial charge in [-0.25, -0.2) is 0 Å². The molecule has 0 saturated carbocycles. The topological polar surface area (TPSA) is 64.1 Å². The first-order valence-corrected chi connectivity index (χ1v) is 8.70. The number of benzene rings is 1.